The largest absolute Gasteiger partial charge is 0.436 e. The molecule has 1 saturated heterocycles. The SMILES string of the molecule is CC(C)C[C@H](OC(=O)NC1CCCC1Cc1ccccc1)C(=O)N[C@@H](C)C[C@@H]1CCN(O)C1=O. The number of hydrogen-bond donors (Lipinski definition) is 3. The van der Waals surface area contributed by atoms with Gasteiger partial charge in [-0.1, -0.05) is 50.6 Å². The van der Waals surface area contributed by atoms with Crippen LogP contribution in [0.25, 0.3) is 0 Å². The van der Waals surface area contributed by atoms with Crippen LogP contribution in [-0.4, -0.2) is 52.9 Å². The third kappa shape index (κ3) is 7.45. The molecule has 3 rings (SSSR count). The van der Waals surface area contributed by atoms with Crippen molar-refractivity contribution in [3.63, 3.8) is 0 Å². The number of rotatable bonds is 10. The molecule has 8 heteroatoms. The fourth-order valence-corrected chi connectivity index (χ4v) is 5.10. The lowest BCUT2D eigenvalue weighted by Crippen LogP contribution is -2.46. The lowest BCUT2D eigenvalue weighted by molar-refractivity contribution is -0.160. The number of benzene rings is 1. The molecular weight excluding hydrogens is 434 g/mol. The summed E-state index contributed by atoms with van der Waals surface area (Å²) in [5, 5.41) is 16.1. The fraction of sp³-hybridized carbons (Fsp3) is 0.654. The normalized spacial score (nSPS) is 24.2. The van der Waals surface area contributed by atoms with Gasteiger partial charge in [-0.05, 0) is 62.8 Å². The zero-order chi connectivity index (χ0) is 24.7. The van der Waals surface area contributed by atoms with Gasteiger partial charge in [-0.2, -0.15) is 0 Å². The highest BCUT2D eigenvalue weighted by Crippen LogP contribution is 2.29. The molecule has 188 valence electrons. The van der Waals surface area contributed by atoms with Crippen LogP contribution < -0.4 is 10.6 Å². The summed E-state index contributed by atoms with van der Waals surface area (Å²) in [6, 6.07) is 10.0. The van der Waals surface area contributed by atoms with Crippen LogP contribution in [-0.2, 0) is 20.7 Å². The summed E-state index contributed by atoms with van der Waals surface area (Å²) < 4.78 is 5.62. The van der Waals surface area contributed by atoms with E-state index in [1.807, 2.05) is 39.0 Å². The average molecular weight is 474 g/mol. The van der Waals surface area contributed by atoms with Crippen LogP contribution >= 0.6 is 0 Å². The molecule has 2 aliphatic rings. The molecule has 0 bridgehead atoms. The lowest BCUT2D eigenvalue weighted by atomic mass is 9.95. The minimum Gasteiger partial charge on any atom is -0.436 e. The van der Waals surface area contributed by atoms with Crippen molar-refractivity contribution in [1.82, 2.24) is 15.7 Å². The predicted molar refractivity (Wildman–Crippen MR) is 128 cm³/mol. The van der Waals surface area contributed by atoms with Gasteiger partial charge in [0.05, 0.1) is 0 Å². The van der Waals surface area contributed by atoms with Gasteiger partial charge in [0.15, 0.2) is 6.10 Å². The van der Waals surface area contributed by atoms with Gasteiger partial charge in [0.25, 0.3) is 5.91 Å². The molecule has 0 aromatic heterocycles. The highest BCUT2D eigenvalue weighted by atomic mass is 16.6. The summed E-state index contributed by atoms with van der Waals surface area (Å²) in [5.41, 5.74) is 1.26. The van der Waals surface area contributed by atoms with Crippen LogP contribution in [0.5, 0.6) is 0 Å². The monoisotopic (exact) mass is 473 g/mol. The van der Waals surface area contributed by atoms with Crippen molar-refractivity contribution in [2.24, 2.45) is 17.8 Å². The van der Waals surface area contributed by atoms with Crippen molar-refractivity contribution in [3.05, 3.63) is 35.9 Å². The van der Waals surface area contributed by atoms with Crippen molar-refractivity contribution in [1.29, 1.82) is 0 Å². The van der Waals surface area contributed by atoms with Crippen molar-refractivity contribution in [3.8, 4) is 0 Å². The van der Waals surface area contributed by atoms with Gasteiger partial charge < -0.3 is 15.4 Å². The molecule has 1 aromatic rings. The summed E-state index contributed by atoms with van der Waals surface area (Å²) >= 11 is 0. The standard InChI is InChI=1S/C26H39N3O5/c1-17(2)14-23(24(30)27-18(3)15-21-12-13-29(33)25(21)31)34-26(32)28-22-11-7-10-20(22)16-19-8-5-4-6-9-19/h4-6,8-9,17-18,20-23,33H,7,10-16H2,1-3H3,(H,27,30)(H,28,32)/t18-,20?,21-,22?,23-/m0/s1. The first-order chi connectivity index (χ1) is 16.2. The molecule has 0 radical (unpaired) electrons. The Kier molecular flexibility index (Phi) is 9.33. The molecule has 34 heavy (non-hydrogen) atoms. The Morgan fingerprint density at radius 3 is 2.53 bits per heavy atom. The second-order valence-corrected chi connectivity index (χ2v) is 10.2. The number of carbonyl (C=O) groups excluding carboxylic acids is 3. The second-order valence-electron chi connectivity index (χ2n) is 10.2. The fourth-order valence-electron chi connectivity index (χ4n) is 5.10. The Hall–Kier alpha value is -2.61. The first-order valence-electron chi connectivity index (χ1n) is 12.5. The minimum absolute atomic E-state index is 0.0317. The van der Waals surface area contributed by atoms with Gasteiger partial charge in [0.1, 0.15) is 0 Å². The summed E-state index contributed by atoms with van der Waals surface area (Å²) in [4.78, 5) is 37.6. The van der Waals surface area contributed by atoms with Gasteiger partial charge in [0.2, 0.25) is 5.91 Å². The number of hydroxylamine groups is 2. The van der Waals surface area contributed by atoms with Crippen molar-refractivity contribution < 1.29 is 24.3 Å². The maximum Gasteiger partial charge on any atom is 0.408 e. The number of alkyl carbamates (subject to hydrolysis) is 1. The third-order valence-corrected chi connectivity index (χ3v) is 6.85. The number of carbonyl (C=O) groups is 3. The van der Waals surface area contributed by atoms with Gasteiger partial charge >= 0.3 is 6.09 Å². The van der Waals surface area contributed by atoms with Crippen molar-refractivity contribution in [2.45, 2.75) is 83.9 Å². The Labute approximate surface area is 202 Å². The third-order valence-electron chi connectivity index (χ3n) is 6.85. The number of amides is 3. The van der Waals surface area contributed by atoms with E-state index in [0.29, 0.717) is 31.7 Å². The van der Waals surface area contributed by atoms with Crippen LogP contribution in [0.4, 0.5) is 4.79 Å². The average Bonchev–Trinajstić information content (AvgIpc) is 3.34. The molecule has 2 fully saturated rings. The molecule has 3 amide bonds. The molecule has 1 heterocycles. The van der Waals surface area contributed by atoms with Gasteiger partial charge in [-0.3, -0.25) is 14.8 Å². The lowest BCUT2D eigenvalue weighted by Gasteiger charge is -2.25. The summed E-state index contributed by atoms with van der Waals surface area (Å²) in [5.74, 6) is -0.457. The first-order valence-corrected chi connectivity index (χ1v) is 12.5. The van der Waals surface area contributed by atoms with Crippen LogP contribution in [0.3, 0.4) is 0 Å². The molecule has 1 saturated carbocycles. The Morgan fingerprint density at radius 2 is 1.88 bits per heavy atom. The van der Waals surface area contributed by atoms with Gasteiger partial charge in [-0.25, -0.2) is 9.86 Å². The van der Waals surface area contributed by atoms with Crippen LogP contribution in [0.15, 0.2) is 30.3 Å². The molecule has 0 spiro atoms. The highest BCUT2D eigenvalue weighted by Gasteiger charge is 2.34. The van der Waals surface area contributed by atoms with Crippen LogP contribution in [0.2, 0.25) is 0 Å². The number of nitrogens with zero attached hydrogens (tertiary/aromatic N) is 1. The molecular formula is C26H39N3O5. The molecule has 8 nitrogen and oxygen atoms in total. The van der Waals surface area contributed by atoms with E-state index in [1.165, 1.54) is 5.56 Å². The number of hydrogen-bond acceptors (Lipinski definition) is 5. The van der Waals surface area contributed by atoms with E-state index < -0.39 is 12.2 Å². The molecule has 1 aliphatic heterocycles. The van der Waals surface area contributed by atoms with Crippen molar-refractivity contribution in [2.75, 3.05) is 6.54 Å². The summed E-state index contributed by atoms with van der Waals surface area (Å²) in [6.07, 6.45) is 3.88. The van der Waals surface area contributed by atoms with Crippen LogP contribution in [0.1, 0.15) is 64.9 Å². The number of nitrogens with one attached hydrogen (secondary N) is 2. The molecule has 5 atom stereocenters. The quantitative estimate of drug-likeness (QED) is 0.450. The zero-order valence-electron chi connectivity index (χ0n) is 20.5. The predicted octanol–water partition coefficient (Wildman–Crippen LogP) is 3.67. The smallest absolute Gasteiger partial charge is 0.408 e. The van der Waals surface area contributed by atoms with Crippen LogP contribution in [0, 0.1) is 17.8 Å². The van der Waals surface area contributed by atoms with E-state index >= 15 is 0 Å². The van der Waals surface area contributed by atoms with Gasteiger partial charge in [0, 0.05) is 24.5 Å². The molecule has 2 unspecified atom stereocenters. The zero-order valence-corrected chi connectivity index (χ0v) is 20.5. The Bertz CT molecular complexity index is 831. The molecule has 3 N–H and O–H groups in total. The summed E-state index contributed by atoms with van der Waals surface area (Å²) in [6.45, 7) is 6.09. The topological polar surface area (TPSA) is 108 Å². The van der Waals surface area contributed by atoms with Gasteiger partial charge in [-0.15, -0.1) is 0 Å². The maximum atomic E-state index is 12.9. The minimum atomic E-state index is -0.898. The molecule has 1 aliphatic carbocycles. The van der Waals surface area contributed by atoms with E-state index in [2.05, 4.69) is 22.8 Å². The second kappa shape index (κ2) is 12.2. The molecule has 1 aromatic carbocycles. The Morgan fingerprint density at radius 1 is 1.15 bits per heavy atom. The van der Waals surface area contributed by atoms with E-state index in [0.717, 1.165) is 30.7 Å². The summed E-state index contributed by atoms with van der Waals surface area (Å²) in [7, 11) is 0. The van der Waals surface area contributed by atoms with E-state index in [-0.39, 0.29) is 35.7 Å². The van der Waals surface area contributed by atoms with E-state index in [4.69, 9.17) is 4.74 Å². The highest BCUT2D eigenvalue weighted by molar-refractivity contribution is 5.84. The van der Waals surface area contributed by atoms with Crippen molar-refractivity contribution >= 4 is 17.9 Å². The maximum absolute atomic E-state index is 12.9. The van der Waals surface area contributed by atoms with E-state index in [9.17, 15) is 19.6 Å². The number of ether oxygens (including phenoxy) is 1. The Balaban J connectivity index is 1.52. The van der Waals surface area contributed by atoms with E-state index in [1.54, 1.807) is 0 Å². The first kappa shape index (κ1) is 26.0.